The molecule has 0 unspecified atom stereocenters. The van der Waals surface area contributed by atoms with Gasteiger partial charge < -0.3 is 5.32 Å². The highest BCUT2D eigenvalue weighted by molar-refractivity contribution is 5.77. The van der Waals surface area contributed by atoms with Gasteiger partial charge in [0.25, 0.3) is 0 Å². The fraction of sp³-hybridized carbons (Fsp3) is 0.273. The smallest absolute Gasteiger partial charge is 0.180 e. The summed E-state index contributed by atoms with van der Waals surface area (Å²) >= 11 is 0. The van der Waals surface area contributed by atoms with Gasteiger partial charge in [-0.15, -0.1) is 5.10 Å². The Labute approximate surface area is 103 Å². The van der Waals surface area contributed by atoms with Gasteiger partial charge in [-0.25, -0.2) is 9.67 Å². The Morgan fingerprint density at radius 2 is 2.33 bits per heavy atom. The second-order valence-electron chi connectivity index (χ2n) is 4.09. The van der Waals surface area contributed by atoms with Crippen LogP contribution in [-0.4, -0.2) is 37.2 Å². The zero-order valence-electron chi connectivity index (χ0n) is 10.2. The van der Waals surface area contributed by atoms with Gasteiger partial charge in [0.2, 0.25) is 0 Å². The molecule has 0 spiro atoms. The molecule has 0 atom stereocenters. The molecule has 92 valence electrons. The van der Waals surface area contributed by atoms with Crippen LogP contribution in [0.5, 0.6) is 0 Å². The van der Waals surface area contributed by atoms with E-state index in [9.17, 15) is 0 Å². The number of rotatable bonds is 3. The fourth-order valence-corrected chi connectivity index (χ4v) is 1.92. The summed E-state index contributed by atoms with van der Waals surface area (Å²) in [5, 5.41) is 18.0. The Morgan fingerprint density at radius 1 is 1.44 bits per heavy atom. The van der Waals surface area contributed by atoms with Crippen molar-refractivity contribution in [3.05, 3.63) is 29.6 Å². The van der Waals surface area contributed by atoms with E-state index in [1.165, 1.54) is 0 Å². The Kier molecular flexibility index (Phi) is 2.44. The van der Waals surface area contributed by atoms with Crippen molar-refractivity contribution in [3.8, 4) is 0 Å². The number of H-pyrrole nitrogens is 1. The van der Waals surface area contributed by atoms with Crippen LogP contribution in [0.25, 0.3) is 11.2 Å². The molecule has 0 radical (unpaired) electrons. The lowest BCUT2D eigenvalue weighted by atomic mass is 10.1. The van der Waals surface area contributed by atoms with Gasteiger partial charge in [0, 0.05) is 26.7 Å². The fourth-order valence-electron chi connectivity index (χ4n) is 1.92. The molecular weight excluding hydrogens is 230 g/mol. The van der Waals surface area contributed by atoms with Gasteiger partial charge in [0.1, 0.15) is 11.3 Å². The molecule has 3 aromatic rings. The molecule has 0 saturated carbocycles. The number of aromatic nitrogens is 6. The summed E-state index contributed by atoms with van der Waals surface area (Å²) in [7, 11) is 3.68. The molecule has 7 nitrogen and oxygen atoms in total. The Morgan fingerprint density at radius 3 is 3.06 bits per heavy atom. The van der Waals surface area contributed by atoms with E-state index in [-0.39, 0.29) is 0 Å². The summed E-state index contributed by atoms with van der Waals surface area (Å²) in [5.74, 6) is 0.811. The maximum absolute atomic E-state index is 4.45. The monoisotopic (exact) mass is 243 g/mol. The number of nitrogens with one attached hydrogen (secondary N) is 2. The third-order valence-electron chi connectivity index (χ3n) is 2.84. The second-order valence-corrected chi connectivity index (χ2v) is 4.09. The van der Waals surface area contributed by atoms with Gasteiger partial charge in [0.15, 0.2) is 5.65 Å². The molecule has 2 N–H and O–H groups in total. The standard InChI is InChI=1S/C11H13N7/c1-12-9-4-8(3-7-5-13-14-6-7)10-11(15-9)18(2)17-16-10/h4-6H,3H2,1-2H3,(H,12,15)(H,13,14). The van der Waals surface area contributed by atoms with E-state index in [4.69, 9.17) is 0 Å². The SMILES string of the molecule is CNc1cc(Cc2cn[nH]c2)c2nnn(C)c2n1. The van der Waals surface area contributed by atoms with Crippen molar-refractivity contribution >= 4 is 17.0 Å². The lowest BCUT2D eigenvalue weighted by Crippen LogP contribution is -1.99. The van der Waals surface area contributed by atoms with Crippen molar-refractivity contribution in [2.75, 3.05) is 12.4 Å². The normalized spacial score (nSPS) is 11.0. The second kappa shape index (κ2) is 4.10. The number of hydrogen-bond acceptors (Lipinski definition) is 5. The van der Waals surface area contributed by atoms with Crippen LogP contribution in [0.1, 0.15) is 11.1 Å². The summed E-state index contributed by atoms with van der Waals surface area (Å²) in [5.41, 5.74) is 3.80. The first-order valence-electron chi connectivity index (χ1n) is 5.62. The van der Waals surface area contributed by atoms with Crippen LogP contribution in [0.2, 0.25) is 0 Å². The van der Waals surface area contributed by atoms with E-state index in [1.54, 1.807) is 4.68 Å². The molecule has 0 aliphatic rings. The molecule has 0 aromatic carbocycles. The van der Waals surface area contributed by atoms with Gasteiger partial charge in [-0.3, -0.25) is 5.10 Å². The van der Waals surface area contributed by atoms with Crippen LogP contribution in [0, 0.1) is 0 Å². The van der Waals surface area contributed by atoms with Crippen LogP contribution in [0.15, 0.2) is 18.5 Å². The number of nitrogens with zero attached hydrogens (tertiary/aromatic N) is 5. The Bertz CT molecular complexity index is 668. The highest BCUT2D eigenvalue weighted by Crippen LogP contribution is 2.20. The van der Waals surface area contributed by atoms with E-state index in [2.05, 4.69) is 30.8 Å². The largest absolute Gasteiger partial charge is 0.373 e. The first-order chi connectivity index (χ1) is 8.78. The van der Waals surface area contributed by atoms with Gasteiger partial charge in [0.05, 0.1) is 6.20 Å². The number of aryl methyl sites for hydroxylation is 1. The molecule has 3 rings (SSSR count). The summed E-state index contributed by atoms with van der Waals surface area (Å²) in [6, 6.07) is 1.99. The van der Waals surface area contributed by atoms with Crippen molar-refractivity contribution in [1.29, 1.82) is 0 Å². The summed E-state index contributed by atoms with van der Waals surface area (Å²) in [4.78, 5) is 4.45. The topological polar surface area (TPSA) is 84.3 Å². The van der Waals surface area contributed by atoms with E-state index in [1.807, 2.05) is 32.6 Å². The van der Waals surface area contributed by atoms with Crippen LogP contribution < -0.4 is 5.32 Å². The van der Waals surface area contributed by atoms with Crippen LogP contribution >= 0.6 is 0 Å². The predicted molar refractivity (Wildman–Crippen MR) is 67.2 cm³/mol. The number of aromatic amines is 1. The van der Waals surface area contributed by atoms with Crippen LogP contribution in [-0.2, 0) is 13.5 Å². The summed E-state index contributed by atoms with van der Waals surface area (Å²) in [6.45, 7) is 0. The van der Waals surface area contributed by atoms with Gasteiger partial charge in [-0.05, 0) is 17.2 Å². The molecule has 0 bridgehead atoms. The number of fused-ring (bicyclic) bond motifs is 1. The molecule has 0 fully saturated rings. The van der Waals surface area contributed by atoms with Crippen LogP contribution in [0.4, 0.5) is 5.82 Å². The van der Waals surface area contributed by atoms with Gasteiger partial charge >= 0.3 is 0 Å². The first kappa shape index (κ1) is 10.7. The molecule has 0 aliphatic heterocycles. The number of hydrogen-bond donors (Lipinski definition) is 2. The van der Waals surface area contributed by atoms with E-state index >= 15 is 0 Å². The molecule has 3 aromatic heterocycles. The Balaban J connectivity index is 2.14. The van der Waals surface area contributed by atoms with Gasteiger partial charge in [-0.2, -0.15) is 5.10 Å². The van der Waals surface area contributed by atoms with E-state index < -0.39 is 0 Å². The highest BCUT2D eigenvalue weighted by Gasteiger charge is 2.11. The molecule has 3 heterocycles. The van der Waals surface area contributed by atoms with Crippen molar-refractivity contribution in [2.45, 2.75) is 6.42 Å². The van der Waals surface area contributed by atoms with Crippen molar-refractivity contribution in [3.63, 3.8) is 0 Å². The van der Waals surface area contributed by atoms with Crippen molar-refractivity contribution in [2.24, 2.45) is 7.05 Å². The summed E-state index contributed by atoms with van der Waals surface area (Å²) < 4.78 is 1.68. The van der Waals surface area contributed by atoms with E-state index in [0.717, 1.165) is 34.5 Å². The summed E-state index contributed by atoms with van der Waals surface area (Å²) in [6.07, 6.45) is 4.44. The lowest BCUT2D eigenvalue weighted by Gasteiger charge is -2.04. The zero-order chi connectivity index (χ0) is 12.5. The molecule has 0 saturated heterocycles. The average molecular weight is 243 g/mol. The predicted octanol–water partition coefficient (Wildman–Crippen LogP) is 0.719. The minimum atomic E-state index is 0.753. The number of pyridine rings is 1. The van der Waals surface area contributed by atoms with Crippen molar-refractivity contribution < 1.29 is 0 Å². The average Bonchev–Trinajstić information content (AvgIpc) is 3.00. The van der Waals surface area contributed by atoms with Crippen LogP contribution in [0.3, 0.4) is 0 Å². The maximum atomic E-state index is 4.45. The van der Waals surface area contributed by atoms with Gasteiger partial charge in [-0.1, -0.05) is 5.21 Å². The molecule has 0 amide bonds. The third-order valence-corrected chi connectivity index (χ3v) is 2.84. The third kappa shape index (κ3) is 1.69. The number of anilines is 1. The van der Waals surface area contributed by atoms with E-state index in [0.29, 0.717) is 0 Å². The quantitative estimate of drug-likeness (QED) is 0.708. The first-order valence-corrected chi connectivity index (χ1v) is 5.62. The van der Waals surface area contributed by atoms with Crippen molar-refractivity contribution in [1.82, 2.24) is 30.2 Å². The maximum Gasteiger partial charge on any atom is 0.180 e. The Hall–Kier alpha value is -2.44. The molecular formula is C11H13N7. The molecule has 18 heavy (non-hydrogen) atoms. The molecule has 7 heteroatoms. The zero-order valence-corrected chi connectivity index (χ0v) is 10.2. The minimum absolute atomic E-state index is 0.753. The highest BCUT2D eigenvalue weighted by atomic mass is 15.4. The lowest BCUT2D eigenvalue weighted by molar-refractivity contribution is 0.730. The minimum Gasteiger partial charge on any atom is -0.373 e. The molecule has 0 aliphatic carbocycles.